The van der Waals surface area contributed by atoms with E-state index in [9.17, 15) is 9.59 Å². The molecule has 0 saturated heterocycles. The predicted octanol–water partition coefficient (Wildman–Crippen LogP) is 3.88. The molecule has 2 aromatic rings. The molecule has 2 aromatic carbocycles. The van der Waals surface area contributed by atoms with Crippen molar-refractivity contribution < 1.29 is 14.3 Å². The SMILES string of the molecule is CCOC(=O)c1ccccc1NCC(=O)Nc1cc(Cl)ccc1C. The molecule has 0 atom stereocenters. The second kappa shape index (κ2) is 8.36. The number of hydrogen-bond acceptors (Lipinski definition) is 4. The molecule has 0 bridgehead atoms. The van der Waals surface area contributed by atoms with Gasteiger partial charge in [-0.05, 0) is 43.7 Å². The predicted molar refractivity (Wildman–Crippen MR) is 95.7 cm³/mol. The minimum Gasteiger partial charge on any atom is -0.462 e. The first-order chi connectivity index (χ1) is 11.5. The van der Waals surface area contributed by atoms with Crippen molar-refractivity contribution in [3.8, 4) is 0 Å². The van der Waals surface area contributed by atoms with E-state index in [2.05, 4.69) is 10.6 Å². The fourth-order valence-electron chi connectivity index (χ4n) is 2.12. The lowest BCUT2D eigenvalue weighted by atomic mass is 10.1. The van der Waals surface area contributed by atoms with E-state index in [0.717, 1.165) is 5.56 Å². The normalized spacial score (nSPS) is 10.1. The molecule has 1 amide bonds. The fraction of sp³-hybridized carbons (Fsp3) is 0.222. The van der Waals surface area contributed by atoms with Crippen LogP contribution in [0, 0.1) is 6.92 Å². The van der Waals surface area contributed by atoms with Gasteiger partial charge in [-0.3, -0.25) is 4.79 Å². The minimum absolute atomic E-state index is 0.0162. The number of para-hydroxylation sites is 1. The van der Waals surface area contributed by atoms with Crippen molar-refractivity contribution in [3.05, 3.63) is 58.6 Å². The topological polar surface area (TPSA) is 67.4 Å². The Morgan fingerprint density at radius 3 is 2.62 bits per heavy atom. The zero-order valence-corrected chi connectivity index (χ0v) is 14.3. The van der Waals surface area contributed by atoms with Gasteiger partial charge in [0.1, 0.15) is 0 Å². The van der Waals surface area contributed by atoms with Gasteiger partial charge in [-0.1, -0.05) is 29.8 Å². The third-order valence-electron chi connectivity index (χ3n) is 3.34. The van der Waals surface area contributed by atoms with E-state index in [1.54, 1.807) is 43.3 Å². The molecule has 2 rings (SSSR count). The van der Waals surface area contributed by atoms with Crippen LogP contribution < -0.4 is 10.6 Å². The molecule has 2 N–H and O–H groups in total. The van der Waals surface area contributed by atoms with Crippen molar-refractivity contribution >= 4 is 34.9 Å². The maximum atomic E-state index is 12.1. The first kappa shape index (κ1) is 17.8. The third-order valence-corrected chi connectivity index (χ3v) is 3.57. The zero-order valence-electron chi connectivity index (χ0n) is 13.6. The van der Waals surface area contributed by atoms with E-state index in [1.165, 1.54) is 0 Å². The Morgan fingerprint density at radius 1 is 1.12 bits per heavy atom. The Labute approximate surface area is 146 Å². The van der Waals surface area contributed by atoms with Gasteiger partial charge in [0.2, 0.25) is 5.91 Å². The van der Waals surface area contributed by atoms with Crippen LogP contribution >= 0.6 is 11.6 Å². The second-order valence-electron chi connectivity index (χ2n) is 5.13. The Balaban J connectivity index is 2.02. The molecule has 0 heterocycles. The van der Waals surface area contributed by atoms with E-state index < -0.39 is 5.97 Å². The summed E-state index contributed by atoms with van der Waals surface area (Å²) in [6, 6.07) is 12.2. The van der Waals surface area contributed by atoms with Crippen LogP contribution in [0.5, 0.6) is 0 Å². The molecule has 0 aliphatic heterocycles. The number of carbonyl (C=O) groups excluding carboxylic acids is 2. The van der Waals surface area contributed by atoms with Crippen LogP contribution in [-0.2, 0) is 9.53 Å². The van der Waals surface area contributed by atoms with Crippen LogP contribution in [0.4, 0.5) is 11.4 Å². The zero-order chi connectivity index (χ0) is 17.5. The number of benzene rings is 2. The number of halogens is 1. The van der Waals surface area contributed by atoms with Crippen LogP contribution in [0.1, 0.15) is 22.8 Å². The molecule has 0 fully saturated rings. The molecule has 0 aliphatic rings. The number of ether oxygens (including phenoxy) is 1. The summed E-state index contributed by atoms with van der Waals surface area (Å²) in [7, 11) is 0. The Morgan fingerprint density at radius 2 is 1.88 bits per heavy atom. The number of aryl methyl sites for hydroxylation is 1. The average molecular weight is 347 g/mol. The minimum atomic E-state index is -0.424. The van der Waals surface area contributed by atoms with Crippen molar-refractivity contribution in [1.82, 2.24) is 0 Å². The van der Waals surface area contributed by atoms with Gasteiger partial charge in [-0.2, -0.15) is 0 Å². The number of carbonyl (C=O) groups is 2. The largest absolute Gasteiger partial charge is 0.462 e. The van der Waals surface area contributed by atoms with Crippen molar-refractivity contribution in [3.63, 3.8) is 0 Å². The third kappa shape index (κ3) is 4.73. The smallest absolute Gasteiger partial charge is 0.340 e. The molecule has 0 saturated carbocycles. The maximum Gasteiger partial charge on any atom is 0.340 e. The molecule has 0 unspecified atom stereocenters. The quantitative estimate of drug-likeness (QED) is 0.779. The van der Waals surface area contributed by atoms with Gasteiger partial charge in [-0.25, -0.2) is 4.79 Å². The lowest BCUT2D eigenvalue weighted by Crippen LogP contribution is -2.23. The first-order valence-corrected chi connectivity index (χ1v) is 7.95. The number of nitrogens with one attached hydrogen (secondary N) is 2. The van der Waals surface area contributed by atoms with Crippen LogP contribution in [0.2, 0.25) is 5.02 Å². The lowest BCUT2D eigenvalue weighted by molar-refractivity contribution is -0.114. The standard InChI is InChI=1S/C18H19ClN2O3/c1-3-24-18(23)14-6-4-5-7-15(14)20-11-17(22)21-16-10-13(19)9-8-12(16)2/h4-10,20H,3,11H2,1-2H3,(H,21,22). The van der Waals surface area contributed by atoms with Crippen molar-refractivity contribution in [2.75, 3.05) is 23.8 Å². The van der Waals surface area contributed by atoms with E-state index >= 15 is 0 Å². The molecule has 0 spiro atoms. The molecule has 0 radical (unpaired) electrons. The Hall–Kier alpha value is -2.53. The average Bonchev–Trinajstić information content (AvgIpc) is 2.57. The summed E-state index contributed by atoms with van der Waals surface area (Å²) in [5, 5.41) is 6.31. The van der Waals surface area contributed by atoms with Gasteiger partial charge >= 0.3 is 5.97 Å². The van der Waals surface area contributed by atoms with Crippen LogP contribution in [0.25, 0.3) is 0 Å². The Bertz CT molecular complexity index is 747. The summed E-state index contributed by atoms with van der Waals surface area (Å²) >= 11 is 5.94. The van der Waals surface area contributed by atoms with Crippen molar-refractivity contribution in [2.45, 2.75) is 13.8 Å². The molecule has 126 valence electrons. The highest BCUT2D eigenvalue weighted by Crippen LogP contribution is 2.20. The summed E-state index contributed by atoms with van der Waals surface area (Å²) in [5.41, 5.74) is 2.52. The summed E-state index contributed by atoms with van der Waals surface area (Å²) in [5.74, 6) is -0.661. The number of amides is 1. The summed E-state index contributed by atoms with van der Waals surface area (Å²) in [4.78, 5) is 24.0. The van der Waals surface area contributed by atoms with E-state index in [0.29, 0.717) is 28.6 Å². The summed E-state index contributed by atoms with van der Waals surface area (Å²) < 4.78 is 5.01. The highest BCUT2D eigenvalue weighted by Gasteiger charge is 2.13. The Kier molecular flexibility index (Phi) is 6.21. The van der Waals surface area contributed by atoms with E-state index in [-0.39, 0.29) is 12.5 Å². The van der Waals surface area contributed by atoms with Crippen LogP contribution in [0.15, 0.2) is 42.5 Å². The van der Waals surface area contributed by atoms with Gasteiger partial charge in [0, 0.05) is 16.4 Å². The summed E-state index contributed by atoms with van der Waals surface area (Å²) in [6.07, 6.45) is 0. The van der Waals surface area contributed by atoms with E-state index in [1.807, 2.05) is 13.0 Å². The van der Waals surface area contributed by atoms with Gasteiger partial charge in [0.15, 0.2) is 0 Å². The highest BCUT2D eigenvalue weighted by molar-refractivity contribution is 6.31. The van der Waals surface area contributed by atoms with Crippen molar-refractivity contribution in [2.24, 2.45) is 0 Å². The number of hydrogen-bond donors (Lipinski definition) is 2. The molecular weight excluding hydrogens is 328 g/mol. The molecule has 5 nitrogen and oxygen atoms in total. The van der Waals surface area contributed by atoms with E-state index in [4.69, 9.17) is 16.3 Å². The maximum absolute atomic E-state index is 12.1. The first-order valence-electron chi connectivity index (χ1n) is 7.57. The molecule has 6 heteroatoms. The molecular formula is C18H19ClN2O3. The fourth-order valence-corrected chi connectivity index (χ4v) is 2.30. The second-order valence-corrected chi connectivity index (χ2v) is 5.56. The van der Waals surface area contributed by atoms with Crippen molar-refractivity contribution in [1.29, 1.82) is 0 Å². The monoisotopic (exact) mass is 346 g/mol. The molecule has 0 aliphatic carbocycles. The van der Waals surface area contributed by atoms with Gasteiger partial charge in [-0.15, -0.1) is 0 Å². The van der Waals surface area contributed by atoms with Crippen LogP contribution in [0.3, 0.4) is 0 Å². The number of esters is 1. The van der Waals surface area contributed by atoms with Gasteiger partial charge in [0.25, 0.3) is 0 Å². The lowest BCUT2D eigenvalue weighted by Gasteiger charge is -2.12. The number of anilines is 2. The summed E-state index contributed by atoms with van der Waals surface area (Å²) in [6.45, 7) is 3.94. The van der Waals surface area contributed by atoms with Crippen LogP contribution in [-0.4, -0.2) is 25.0 Å². The molecule has 24 heavy (non-hydrogen) atoms. The van der Waals surface area contributed by atoms with Gasteiger partial charge < -0.3 is 15.4 Å². The molecule has 0 aromatic heterocycles. The number of rotatable bonds is 6. The highest BCUT2D eigenvalue weighted by atomic mass is 35.5. The van der Waals surface area contributed by atoms with Gasteiger partial charge in [0.05, 0.1) is 18.7 Å².